The molecule has 2 N–H and O–H groups in total. The van der Waals surface area contributed by atoms with Crippen molar-refractivity contribution in [3.63, 3.8) is 0 Å². The van der Waals surface area contributed by atoms with Crippen molar-refractivity contribution in [2.24, 2.45) is 0 Å². The number of halogens is 1. The molecule has 3 aromatic rings. The van der Waals surface area contributed by atoms with Gasteiger partial charge in [-0.3, -0.25) is 4.72 Å². The predicted octanol–water partition coefficient (Wildman–Crippen LogP) is 4.76. The molecule has 0 atom stereocenters. The maximum Gasteiger partial charge on any atom is 0.271 e. The number of hydrogen-bond acceptors (Lipinski definition) is 6. The van der Waals surface area contributed by atoms with Crippen molar-refractivity contribution >= 4 is 54.3 Å². The number of phenols is 1. The average Bonchev–Trinajstić information content (AvgIpc) is 3.12. The monoisotopic (exact) mass is 444 g/mol. The van der Waals surface area contributed by atoms with E-state index >= 15 is 0 Å². The lowest BCUT2D eigenvalue weighted by molar-refractivity contribution is 0.474. The smallest absolute Gasteiger partial charge is 0.271 e. The molecule has 0 spiro atoms. The minimum Gasteiger partial charge on any atom is -0.505 e. The standard InChI is InChI=1S/C15H13BrN2O3S3/c1-8-5-10(16)15(19)11(6-8)18-24(20,21)14-4-3-13(23-14)12-7-22-9(2)17-12/h3-7,18-19H,1-2H3. The molecule has 0 radical (unpaired) electrons. The van der Waals surface area contributed by atoms with Crippen LogP contribution in [0.5, 0.6) is 5.75 Å². The van der Waals surface area contributed by atoms with E-state index in [0.717, 1.165) is 32.5 Å². The topological polar surface area (TPSA) is 79.3 Å². The number of sulfonamides is 1. The summed E-state index contributed by atoms with van der Waals surface area (Å²) in [6, 6.07) is 6.57. The third-order valence-corrected chi connectivity index (χ3v) is 7.51. The molecule has 0 bridgehead atoms. The number of hydrogen-bond donors (Lipinski definition) is 2. The van der Waals surface area contributed by atoms with Gasteiger partial charge in [-0.15, -0.1) is 22.7 Å². The fourth-order valence-corrected chi connectivity index (χ4v) is 5.67. The number of nitrogens with one attached hydrogen (secondary N) is 1. The number of anilines is 1. The number of rotatable bonds is 4. The molecular weight excluding hydrogens is 432 g/mol. The Bertz CT molecular complexity index is 1010. The molecule has 3 rings (SSSR count). The highest BCUT2D eigenvalue weighted by molar-refractivity contribution is 9.10. The van der Waals surface area contributed by atoms with Crippen molar-refractivity contribution in [3.05, 3.63) is 44.7 Å². The van der Waals surface area contributed by atoms with Crippen LogP contribution in [0.4, 0.5) is 5.69 Å². The van der Waals surface area contributed by atoms with E-state index in [1.165, 1.54) is 11.3 Å². The van der Waals surface area contributed by atoms with Gasteiger partial charge < -0.3 is 5.11 Å². The van der Waals surface area contributed by atoms with Crippen LogP contribution in [0.1, 0.15) is 10.6 Å². The minimum atomic E-state index is -3.79. The Morgan fingerprint density at radius 2 is 2.00 bits per heavy atom. The summed E-state index contributed by atoms with van der Waals surface area (Å²) in [4.78, 5) is 5.15. The van der Waals surface area contributed by atoms with Crippen LogP contribution in [0, 0.1) is 13.8 Å². The van der Waals surface area contributed by atoms with E-state index in [1.807, 2.05) is 19.2 Å². The summed E-state index contributed by atoms with van der Waals surface area (Å²) in [7, 11) is -3.79. The lowest BCUT2D eigenvalue weighted by atomic mass is 10.2. The Morgan fingerprint density at radius 1 is 1.25 bits per heavy atom. The first-order valence-electron chi connectivity index (χ1n) is 6.80. The lowest BCUT2D eigenvalue weighted by Crippen LogP contribution is -2.11. The fourth-order valence-electron chi connectivity index (χ4n) is 2.09. The maximum absolute atomic E-state index is 12.6. The molecule has 9 heteroatoms. The fraction of sp³-hybridized carbons (Fsp3) is 0.133. The van der Waals surface area contributed by atoms with E-state index in [0.29, 0.717) is 4.47 Å². The molecule has 0 saturated heterocycles. The van der Waals surface area contributed by atoms with Gasteiger partial charge in [-0.1, -0.05) is 0 Å². The molecule has 0 aliphatic heterocycles. The van der Waals surface area contributed by atoms with Crippen LogP contribution in [0.25, 0.3) is 10.6 Å². The second-order valence-corrected chi connectivity index (χ2v) is 10.0. The van der Waals surface area contributed by atoms with Crippen LogP contribution >= 0.6 is 38.6 Å². The highest BCUT2D eigenvalue weighted by Crippen LogP contribution is 2.36. The summed E-state index contributed by atoms with van der Waals surface area (Å²) >= 11 is 5.86. The van der Waals surface area contributed by atoms with E-state index in [2.05, 4.69) is 25.6 Å². The van der Waals surface area contributed by atoms with E-state index in [-0.39, 0.29) is 15.6 Å². The highest BCUT2D eigenvalue weighted by atomic mass is 79.9. The molecule has 0 unspecified atom stereocenters. The molecule has 0 fully saturated rings. The zero-order chi connectivity index (χ0) is 17.5. The van der Waals surface area contributed by atoms with Gasteiger partial charge in [0, 0.05) is 5.38 Å². The van der Waals surface area contributed by atoms with Gasteiger partial charge in [0.25, 0.3) is 10.0 Å². The van der Waals surface area contributed by atoms with Crippen LogP contribution in [-0.2, 0) is 10.0 Å². The summed E-state index contributed by atoms with van der Waals surface area (Å²) in [5, 5.41) is 12.9. The van der Waals surface area contributed by atoms with Crippen LogP contribution in [0.2, 0.25) is 0 Å². The number of aryl methyl sites for hydroxylation is 2. The van der Waals surface area contributed by atoms with Gasteiger partial charge in [0.05, 0.1) is 25.7 Å². The molecule has 1 aromatic carbocycles. The van der Waals surface area contributed by atoms with Crippen LogP contribution < -0.4 is 4.72 Å². The number of nitrogens with zero attached hydrogens (tertiary/aromatic N) is 1. The maximum atomic E-state index is 12.6. The van der Waals surface area contributed by atoms with E-state index in [1.54, 1.807) is 24.3 Å². The Balaban J connectivity index is 1.93. The minimum absolute atomic E-state index is 0.140. The second kappa shape index (κ2) is 6.47. The first-order chi connectivity index (χ1) is 11.3. The van der Waals surface area contributed by atoms with E-state index in [4.69, 9.17) is 0 Å². The summed E-state index contributed by atoms with van der Waals surface area (Å²) in [5.41, 5.74) is 1.73. The van der Waals surface area contributed by atoms with Crippen molar-refractivity contribution in [1.82, 2.24) is 4.98 Å². The quantitative estimate of drug-likeness (QED) is 0.568. The van der Waals surface area contributed by atoms with Gasteiger partial charge in [0.15, 0.2) is 5.75 Å². The van der Waals surface area contributed by atoms with E-state index < -0.39 is 10.0 Å². The van der Waals surface area contributed by atoms with Gasteiger partial charge in [0.2, 0.25) is 0 Å². The van der Waals surface area contributed by atoms with Crippen LogP contribution in [-0.4, -0.2) is 18.5 Å². The predicted molar refractivity (Wildman–Crippen MR) is 102 cm³/mol. The molecule has 2 heterocycles. The third kappa shape index (κ3) is 3.49. The molecule has 5 nitrogen and oxygen atoms in total. The van der Waals surface area contributed by atoms with Gasteiger partial charge >= 0.3 is 0 Å². The SMILES string of the molecule is Cc1cc(Br)c(O)c(NS(=O)(=O)c2ccc(-c3csc(C)n3)s2)c1. The van der Waals surface area contributed by atoms with Crippen molar-refractivity contribution < 1.29 is 13.5 Å². The molecule has 0 saturated carbocycles. The largest absolute Gasteiger partial charge is 0.505 e. The summed E-state index contributed by atoms with van der Waals surface area (Å²) < 4.78 is 28.2. The van der Waals surface area contributed by atoms with Gasteiger partial charge in [-0.25, -0.2) is 13.4 Å². The first kappa shape index (κ1) is 17.4. The first-order valence-corrected chi connectivity index (χ1v) is 10.8. The molecule has 0 aliphatic rings. The summed E-state index contributed by atoms with van der Waals surface area (Å²) in [5.74, 6) is -0.143. The number of thiophene rings is 1. The highest BCUT2D eigenvalue weighted by Gasteiger charge is 2.20. The van der Waals surface area contributed by atoms with Gasteiger partial charge in [0.1, 0.15) is 4.21 Å². The summed E-state index contributed by atoms with van der Waals surface area (Å²) in [6.07, 6.45) is 0. The molecule has 126 valence electrons. The van der Waals surface area contributed by atoms with Crippen molar-refractivity contribution in [2.75, 3.05) is 4.72 Å². The van der Waals surface area contributed by atoms with Crippen LogP contribution in [0.3, 0.4) is 0 Å². The molecule has 24 heavy (non-hydrogen) atoms. The van der Waals surface area contributed by atoms with Crippen molar-refractivity contribution in [3.8, 4) is 16.3 Å². The van der Waals surface area contributed by atoms with E-state index in [9.17, 15) is 13.5 Å². The van der Waals surface area contributed by atoms with Crippen LogP contribution in [0.15, 0.2) is 38.3 Å². The Kier molecular flexibility index (Phi) is 4.69. The zero-order valence-corrected chi connectivity index (χ0v) is 16.7. The van der Waals surface area contributed by atoms with Crippen molar-refractivity contribution in [1.29, 1.82) is 0 Å². The van der Waals surface area contributed by atoms with Crippen molar-refractivity contribution in [2.45, 2.75) is 18.1 Å². The number of thiazole rings is 1. The lowest BCUT2D eigenvalue weighted by Gasteiger charge is -2.10. The van der Waals surface area contributed by atoms with Gasteiger partial charge in [-0.2, -0.15) is 0 Å². The molecule has 2 aromatic heterocycles. The number of aromatic hydroxyl groups is 1. The Labute approximate surface area is 156 Å². The second-order valence-electron chi connectivity index (χ2n) is 5.12. The molecule has 0 amide bonds. The molecular formula is C15H13BrN2O3S3. The normalized spacial score (nSPS) is 11.6. The van der Waals surface area contributed by atoms with Gasteiger partial charge in [-0.05, 0) is 59.6 Å². The number of phenolic OH excluding ortho intramolecular Hbond substituents is 1. The summed E-state index contributed by atoms with van der Waals surface area (Å²) in [6.45, 7) is 3.72. The molecule has 0 aliphatic carbocycles. The zero-order valence-electron chi connectivity index (χ0n) is 12.7. The number of benzene rings is 1. The number of aromatic nitrogens is 1. The Morgan fingerprint density at radius 3 is 2.67 bits per heavy atom. The average molecular weight is 445 g/mol. The third-order valence-electron chi connectivity index (χ3n) is 3.17. The Hall–Kier alpha value is -1.42.